The second kappa shape index (κ2) is 3.76. The molecule has 1 saturated heterocycles. The highest BCUT2D eigenvalue weighted by atomic mass is 16.6. The third kappa shape index (κ3) is 1.84. The lowest BCUT2D eigenvalue weighted by Gasteiger charge is -2.14. The number of anilines is 1. The number of rotatable bonds is 2. The second-order valence-electron chi connectivity index (χ2n) is 4.22. The molecule has 1 aliphatic rings. The van der Waals surface area contributed by atoms with Gasteiger partial charge in [0.25, 0.3) is 5.91 Å². The van der Waals surface area contributed by atoms with Crippen molar-refractivity contribution in [3.63, 3.8) is 0 Å². The molecule has 0 aromatic heterocycles. The maximum Gasteiger partial charge on any atom is 0.422 e. The van der Waals surface area contributed by atoms with Gasteiger partial charge in [0.1, 0.15) is 5.75 Å². The molecule has 2 amide bonds. The van der Waals surface area contributed by atoms with Gasteiger partial charge in [-0.05, 0) is 26.0 Å². The lowest BCUT2D eigenvalue weighted by atomic mass is 10.1. The summed E-state index contributed by atoms with van der Waals surface area (Å²) in [5, 5.41) is 0. The molecule has 1 aliphatic heterocycles. The minimum Gasteiger partial charge on any atom is -0.497 e. The number of nitrogens with zero attached hydrogens (tertiary/aromatic N) is 1. The number of carbonyl (C=O) groups excluding carboxylic acids is 2. The maximum absolute atomic E-state index is 12.0. The molecule has 0 aliphatic carbocycles. The van der Waals surface area contributed by atoms with Crippen molar-refractivity contribution < 1.29 is 19.1 Å². The molecule has 1 aromatic carbocycles. The first-order valence-electron chi connectivity index (χ1n) is 5.17. The number of hydrogen-bond acceptors (Lipinski definition) is 4. The van der Waals surface area contributed by atoms with E-state index in [4.69, 9.17) is 9.47 Å². The number of benzene rings is 1. The fourth-order valence-electron chi connectivity index (χ4n) is 1.63. The van der Waals surface area contributed by atoms with E-state index in [9.17, 15) is 9.59 Å². The van der Waals surface area contributed by atoms with Gasteiger partial charge in [-0.1, -0.05) is 6.07 Å². The van der Waals surface area contributed by atoms with Crippen LogP contribution in [0.5, 0.6) is 5.75 Å². The smallest absolute Gasteiger partial charge is 0.422 e. The van der Waals surface area contributed by atoms with E-state index in [-0.39, 0.29) is 5.91 Å². The second-order valence-corrected chi connectivity index (χ2v) is 4.22. The molecule has 0 radical (unpaired) electrons. The van der Waals surface area contributed by atoms with Gasteiger partial charge in [0.2, 0.25) is 0 Å². The van der Waals surface area contributed by atoms with E-state index in [1.165, 1.54) is 7.11 Å². The molecule has 0 bridgehead atoms. The fraction of sp³-hybridized carbons (Fsp3) is 0.333. The summed E-state index contributed by atoms with van der Waals surface area (Å²) >= 11 is 0. The number of cyclic esters (lactones) is 1. The fourth-order valence-corrected chi connectivity index (χ4v) is 1.63. The molecule has 17 heavy (non-hydrogen) atoms. The topological polar surface area (TPSA) is 55.8 Å². The summed E-state index contributed by atoms with van der Waals surface area (Å²) in [6, 6.07) is 6.71. The van der Waals surface area contributed by atoms with Crippen LogP contribution in [0.15, 0.2) is 24.3 Å². The Morgan fingerprint density at radius 1 is 1.29 bits per heavy atom. The van der Waals surface area contributed by atoms with Crippen LogP contribution in [0, 0.1) is 0 Å². The summed E-state index contributed by atoms with van der Waals surface area (Å²) < 4.78 is 10.0. The lowest BCUT2D eigenvalue weighted by Crippen LogP contribution is -2.36. The summed E-state index contributed by atoms with van der Waals surface area (Å²) in [6.45, 7) is 3.13. The molecular weight excluding hydrogens is 222 g/mol. The molecule has 0 saturated carbocycles. The average Bonchev–Trinajstić information content (AvgIpc) is 2.48. The number of hydrogen-bond donors (Lipinski definition) is 0. The first-order chi connectivity index (χ1) is 7.95. The average molecular weight is 235 g/mol. The highest BCUT2D eigenvalue weighted by Gasteiger charge is 2.47. The zero-order valence-corrected chi connectivity index (χ0v) is 9.89. The van der Waals surface area contributed by atoms with Crippen molar-refractivity contribution in [1.29, 1.82) is 0 Å². The largest absolute Gasteiger partial charge is 0.497 e. The van der Waals surface area contributed by atoms with Gasteiger partial charge in [-0.2, -0.15) is 0 Å². The molecule has 0 spiro atoms. The summed E-state index contributed by atoms with van der Waals surface area (Å²) in [5.74, 6) is 0.198. The van der Waals surface area contributed by atoms with Gasteiger partial charge in [-0.25, -0.2) is 9.69 Å². The Hall–Kier alpha value is -2.04. The summed E-state index contributed by atoms with van der Waals surface area (Å²) in [5.41, 5.74) is -0.662. The van der Waals surface area contributed by atoms with E-state index in [1.807, 2.05) is 0 Å². The third-order valence-electron chi connectivity index (χ3n) is 2.55. The Labute approximate surface area is 98.9 Å². The van der Waals surface area contributed by atoms with E-state index in [2.05, 4.69) is 0 Å². The van der Waals surface area contributed by atoms with Crippen LogP contribution < -0.4 is 9.64 Å². The van der Waals surface area contributed by atoms with Crippen molar-refractivity contribution >= 4 is 17.7 Å². The van der Waals surface area contributed by atoms with Gasteiger partial charge in [0, 0.05) is 6.07 Å². The van der Waals surface area contributed by atoms with Crippen LogP contribution >= 0.6 is 0 Å². The highest BCUT2D eigenvalue weighted by Crippen LogP contribution is 2.30. The monoisotopic (exact) mass is 235 g/mol. The van der Waals surface area contributed by atoms with Gasteiger partial charge >= 0.3 is 6.09 Å². The predicted octanol–water partition coefficient (Wildman–Crippen LogP) is 1.96. The van der Waals surface area contributed by atoms with Crippen molar-refractivity contribution in [2.24, 2.45) is 0 Å². The summed E-state index contributed by atoms with van der Waals surface area (Å²) in [7, 11) is 1.52. The Kier molecular flexibility index (Phi) is 2.53. The van der Waals surface area contributed by atoms with Crippen molar-refractivity contribution in [3.8, 4) is 5.75 Å². The van der Waals surface area contributed by atoms with E-state index >= 15 is 0 Å². The molecule has 90 valence electrons. The minimum atomic E-state index is -1.11. The van der Waals surface area contributed by atoms with E-state index in [0.717, 1.165) is 4.90 Å². The molecule has 5 heteroatoms. The molecule has 2 rings (SSSR count). The van der Waals surface area contributed by atoms with Crippen LogP contribution in [0.3, 0.4) is 0 Å². The number of methoxy groups -OCH3 is 1. The van der Waals surface area contributed by atoms with Gasteiger partial charge in [-0.3, -0.25) is 4.79 Å². The zero-order chi connectivity index (χ0) is 12.6. The number of amides is 2. The van der Waals surface area contributed by atoms with E-state index in [1.54, 1.807) is 38.1 Å². The molecule has 1 fully saturated rings. The molecule has 1 heterocycles. The van der Waals surface area contributed by atoms with Gasteiger partial charge < -0.3 is 9.47 Å². The molecule has 0 unspecified atom stereocenters. The van der Waals surface area contributed by atoms with Crippen LogP contribution in [-0.2, 0) is 9.53 Å². The van der Waals surface area contributed by atoms with Crippen molar-refractivity contribution in [3.05, 3.63) is 24.3 Å². The third-order valence-corrected chi connectivity index (χ3v) is 2.55. The quantitative estimate of drug-likeness (QED) is 0.786. The molecule has 1 aromatic rings. The Morgan fingerprint density at radius 2 is 2.00 bits per heavy atom. The Bertz CT molecular complexity index is 481. The standard InChI is InChI=1S/C12H13NO4/c1-12(2)10(14)13(11(15)17-12)8-5-4-6-9(7-8)16-3/h4-7H,1-3H3. The Morgan fingerprint density at radius 3 is 2.53 bits per heavy atom. The van der Waals surface area contributed by atoms with Crippen molar-refractivity contribution in [2.45, 2.75) is 19.4 Å². The molecule has 0 atom stereocenters. The van der Waals surface area contributed by atoms with Crippen LogP contribution in [0.2, 0.25) is 0 Å². The van der Waals surface area contributed by atoms with E-state index < -0.39 is 11.7 Å². The maximum atomic E-state index is 12.0. The highest BCUT2D eigenvalue weighted by molar-refractivity contribution is 6.19. The van der Waals surface area contributed by atoms with Gasteiger partial charge in [-0.15, -0.1) is 0 Å². The SMILES string of the molecule is COc1cccc(N2C(=O)OC(C)(C)C2=O)c1. The zero-order valence-electron chi connectivity index (χ0n) is 9.89. The first kappa shape index (κ1) is 11.4. The van der Waals surface area contributed by atoms with Crippen LogP contribution in [0.25, 0.3) is 0 Å². The predicted molar refractivity (Wildman–Crippen MR) is 61.0 cm³/mol. The minimum absolute atomic E-state index is 0.379. The molecule has 5 nitrogen and oxygen atoms in total. The van der Waals surface area contributed by atoms with Crippen LogP contribution in [0.4, 0.5) is 10.5 Å². The molecular formula is C12H13NO4. The summed E-state index contributed by atoms with van der Waals surface area (Å²) in [4.78, 5) is 24.6. The van der Waals surface area contributed by atoms with Gasteiger partial charge in [0.05, 0.1) is 12.8 Å². The Balaban J connectivity index is 2.40. The first-order valence-corrected chi connectivity index (χ1v) is 5.17. The van der Waals surface area contributed by atoms with Gasteiger partial charge in [0.15, 0.2) is 5.60 Å². The number of carbonyl (C=O) groups is 2. The summed E-state index contributed by atoms with van der Waals surface area (Å²) in [6.07, 6.45) is -0.659. The number of imide groups is 1. The molecule has 0 N–H and O–H groups in total. The normalized spacial score (nSPS) is 18.2. The lowest BCUT2D eigenvalue weighted by molar-refractivity contribution is -0.127. The van der Waals surface area contributed by atoms with Crippen LogP contribution in [-0.4, -0.2) is 24.7 Å². The van der Waals surface area contributed by atoms with Crippen molar-refractivity contribution in [2.75, 3.05) is 12.0 Å². The van der Waals surface area contributed by atoms with E-state index in [0.29, 0.717) is 11.4 Å². The van der Waals surface area contributed by atoms with Crippen LogP contribution in [0.1, 0.15) is 13.8 Å². The number of ether oxygens (including phenoxy) is 2. The van der Waals surface area contributed by atoms with Crippen molar-refractivity contribution in [1.82, 2.24) is 0 Å².